The van der Waals surface area contributed by atoms with E-state index in [1.165, 1.54) is 12.8 Å². The van der Waals surface area contributed by atoms with Crippen LogP contribution in [0.5, 0.6) is 0 Å². The third-order valence-electron chi connectivity index (χ3n) is 3.43. The van der Waals surface area contributed by atoms with Gasteiger partial charge in [-0.15, -0.1) is 0 Å². The lowest BCUT2D eigenvalue weighted by molar-refractivity contribution is -0.135. The van der Waals surface area contributed by atoms with Crippen molar-refractivity contribution in [3.63, 3.8) is 0 Å². The van der Waals surface area contributed by atoms with Gasteiger partial charge >= 0.3 is 0 Å². The summed E-state index contributed by atoms with van der Waals surface area (Å²) in [6.07, 6.45) is 5.35. The number of rotatable bonds is 3. The van der Waals surface area contributed by atoms with Crippen molar-refractivity contribution in [2.75, 3.05) is 6.54 Å². The second-order valence-corrected chi connectivity index (χ2v) is 4.63. The largest absolute Gasteiger partial charge is 0.340 e. The van der Waals surface area contributed by atoms with Crippen LogP contribution in [0.1, 0.15) is 39.0 Å². The SMILES string of the molecule is CCN(C(=O)C1CCC(N)C1)C1CC1. The van der Waals surface area contributed by atoms with Crippen LogP contribution in [0.15, 0.2) is 0 Å². The minimum Gasteiger partial charge on any atom is -0.340 e. The van der Waals surface area contributed by atoms with Gasteiger partial charge in [0.15, 0.2) is 0 Å². The van der Waals surface area contributed by atoms with E-state index in [0.29, 0.717) is 11.9 Å². The highest BCUT2D eigenvalue weighted by molar-refractivity contribution is 5.79. The lowest BCUT2D eigenvalue weighted by Crippen LogP contribution is -2.37. The van der Waals surface area contributed by atoms with Gasteiger partial charge in [-0.05, 0) is 39.0 Å². The lowest BCUT2D eigenvalue weighted by atomic mass is 10.1. The van der Waals surface area contributed by atoms with Gasteiger partial charge in [0.25, 0.3) is 0 Å². The molecule has 2 fully saturated rings. The van der Waals surface area contributed by atoms with Crippen molar-refractivity contribution in [3.05, 3.63) is 0 Å². The van der Waals surface area contributed by atoms with Crippen molar-refractivity contribution in [2.24, 2.45) is 11.7 Å². The van der Waals surface area contributed by atoms with Gasteiger partial charge in [0.05, 0.1) is 0 Å². The Kier molecular flexibility index (Phi) is 2.77. The summed E-state index contributed by atoms with van der Waals surface area (Å²) in [6, 6.07) is 0.825. The van der Waals surface area contributed by atoms with E-state index in [9.17, 15) is 4.79 Å². The van der Waals surface area contributed by atoms with Crippen molar-refractivity contribution < 1.29 is 4.79 Å². The molecule has 2 rings (SSSR count). The number of nitrogens with two attached hydrogens (primary N) is 1. The third-order valence-corrected chi connectivity index (χ3v) is 3.43. The molecule has 3 nitrogen and oxygen atoms in total. The summed E-state index contributed by atoms with van der Waals surface area (Å²) in [5, 5.41) is 0. The molecule has 3 heteroatoms. The molecule has 0 radical (unpaired) electrons. The molecule has 2 aliphatic carbocycles. The molecule has 14 heavy (non-hydrogen) atoms. The predicted octanol–water partition coefficient (Wildman–Crippen LogP) is 1.12. The van der Waals surface area contributed by atoms with Crippen molar-refractivity contribution in [1.82, 2.24) is 4.90 Å². The fraction of sp³-hybridized carbons (Fsp3) is 0.909. The maximum Gasteiger partial charge on any atom is 0.225 e. The molecule has 2 unspecified atom stereocenters. The summed E-state index contributed by atoms with van der Waals surface area (Å²) in [7, 11) is 0. The van der Waals surface area contributed by atoms with E-state index < -0.39 is 0 Å². The number of nitrogens with zero attached hydrogens (tertiary/aromatic N) is 1. The zero-order valence-corrected chi connectivity index (χ0v) is 8.91. The van der Waals surface area contributed by atoms with Gasteiger partial charge in [0, 0.05) is 24.5 Å². The summed E-state index contributed by atoms with van der Waals surface area (Å²) >= 11 is 0. The van der Waals surface area contributed by atoms with Gasteiger partial charge < -0.3 is 10.6 Å². The normalized spacial score (nSPS) is 31.9. The van der Waals surface area contributed by atoms with Crippen molar-refractivity contribution in [1.29, 1.82) is 0 Å². The Morgan fingerprint density at radius 3 is 2.50 bits per heavy atom. The average molecular weight is 196 g/mol. The first kappa shape index (κ1) is 9.97. The zero-order chi connectivity index (χ0) is 10.1. The number of hydrogen-bond acceptors (Lipinski definition) is 2. The predicted molar refractivity (Wildman–Crippen MR) is 55.7 cm³/mol. The summed E-state index contributed by atoms with van der Waals surface area (Å²) in [5.41, 5.74) is 5.83. The minimum absolute atomic E-state index is 0.227. The molecule has 80 valence electrons. The highest BCUT2D eigenvalue weighted by Gasteiger charge is 2.37. The molecule has 0 aromatic carbocycles. The Labute approximate surface area is 85.6 Å². The first-order valence-corrected chi connectivity index (χ1v) is 5.78. The fourth-order valence-electron chi connectivity index (χ4n) is 2.46. The lowest BCUT2D eigenvalue weighted by Gasteiger charge is -2.23. The smallest absolute Gasteiger partial charge is 0.225 e. The fourth-order valence-corrected chi connectivity index (χ4v) is 2.46. The van der Waals surface area contributed by atoms with Crippen LogP contribution in [0.2, 0.25) is 0 Å². The average Bonchev–Trinajstić information content (AvgIpc) is 2.90. The van der Waals surface area contributed by atoms with Crippen LogP contribution in [0.4, 0.5) is 0 Å². The molecule has 2 N–H and O–H groups in total. The molecule has 0 heterocycles. The van der Waals surface area contributed by atoms with Gasteiger partial charge in [-0.3, -0.25) is 4.79 Å². The maximum atomic E-state index is 12.1. The minimum atomic E-state index is 0.227. The molecule has 1 amide bonds. The van der Waals surface area contributed by atoms with Crippen LogP contribution in [-0.2, 0) is 4.79 Å². The van der Waals surface area contributed by atoms with E-state index in [-0.39, 0.29) is 12.0 Å². The molecule has 0 spiro atoms. The maximum absolute atomic E-state index is 12.1. The highest BCUT2D eigenvalue weighted by atomic mass is 16.2. The van der Waals surface area contributed by atoms with Crippen LogP contribution in [0, 0.1) is 5.92 Å². The highest BCUT2D eigenvalue weighted by Crippen LogP contribution is 2.32. The Bertz CT molecular complexity index is 225. The Morgan fingerprint density at radius 2 is 2.07 bits per heavy atom. The van der Waals surface area contributed by atoms with Crippen molar-refractivity contribution >= 4 is 5.91 Å². The first-order valence-electron chi connectivity index (χ1n) is 5.78. The van der Waals surface area contributed by atoms with E-state index >= 15 is 0 Å². The molecule has 0 aliphatic heterocycles. The monoisotopic (exact) mass is 196 g/mol. The number of carbonyl (C=O) groups excluding carboxylic acids is 1. The summed E-state index contributed by atoms with van der Waals surface area (Å²) in [4.78, 5) is 14.1. The first-order chi connectivity index (χ1) is 6.72. The Hall–Kier alpha value is -0.570. The molecule has 0 aromatic heterocycles. The standard InChI is InChI=1S/C11H20N2O/c1-2-13(10-5-6-10)11(14)8-3-4-9(12)7-8/h8-10H,2-7,12H2,1H3. The van der Waals surface area contributed by atoms with Crippen LogP contribution in [0.25, 0.3) is 0 Å². The van der Waals surface area contributed by atoms with E-state index in [2.05, 4.69) is 11.8 Å². The second-order valence-electron chi connectivity index (χ2n) is 4.63. The summed E-state index contributed by atoms with van der Waals surface area (Å²) < 4.78 is 0. The van der Waals surface area contributed by atoms with Crippen LogP contribution < -0.4 is 5.73 Å². The molecule has 2 aliphatic rings. The topological polar surface area (TPSA) is 46.3 Å². The van der Waals surface area contributed by atoms with Crippen LogP contribution in [0.3, 0.4) is 0 Å². The van der Waals surface area contributed by atoms with Crippen LogP contribution in [-0.4, -0.2) is 29.4 Å². The number of carbonyl (C=O) groups is 1. The van der Waals surface area contributed by atoms with Gasteiger partial charge in [0.1, 0.15) is 0 Å². The van der Waals surface area contributed by atoms with Gasteiger partial charge in [-0.1, -0.05) is 0 Å². The molecule has 0 aromatic rings. The van der Waals surface area contributed by atoms with E-state index in [4.69, 9.17) is 5.73 Å². The second kappa shape index (κ2) is 3.89. The summed E-state index contributed by atoms with van der Waals surface area (Å²) in [6.45, 7) is 2.94. The zero-order valence-electron chi connectivity index (χ0n) is 8.91. The number of amides is 1. The van der Waals surface area contributed by atoms with Crippen LogP contribution >= 0.6 is 0 Å². The Morgan fingerprint density at radius 1 is 1.36 bits per heavy atom. The number of hydrogen-bond donors (Lipinski definition) is 1. The molecular weight excluding hydrogens is 176 g/mol. The van der Waals surface area contributed by atoms with E-state index in [1.807, 2.05) is 0 Å². The van der Waals surface area contributed by atoms with Crippen molar-refractivity contribution in [2.45, 2.75) is 51.1 Å². The molecular formula is C11H20N2O. The molecule has 0 saturated heterocycles. The van der Waals surface area contributed by atoms with Gasteiger partial charge in [-0.2, -0.15) is 0 Å². The summed E-state index contributed by atoms with van der Waals surface area (Å²) in [5.74, 6) is 0.591. The Balaban J connectivity index is 1.92. The quantitative estimate of drug-likeness (QED) is 0.735. The third kappa shape index (κ3) is 1.92. The van der Waals surface area contributed by atoms with E-state index in [1.54, 1.807) is 0 Å². The van der Waals surface area contributed by atoms with E-state index in [0.717, 1.165) is 25.8 Å². The van der Waals surface area contributed by atoms with Gasteiger partial charge in [-0.25, -0.2) is 0 Å². The molecule has 2 atom stereocenters. The van der Waals surface area contributed by atoms with Gasteiger partial charge in [0.2, 0.25) is 5.91 Å². The van der Waals surface area contributed by atoms with Crippen molar-refractivity contribution in [3.8, 4) is 0 Å². The molecule has 2 saturated carbocycles. The molecule has 0 bridgehead atoms.